The molecule has 0 heterocycles. The quantitative estimate of drug-likeness (QED) is 0.903. The Morgan fingerprint density at radius 3 is 2.53 bits per heavy atom. The fraction of sp³-hybridized carbons (Fsp3) is 0.385. The first-order valence-electron chi connectivity index (χ1n) is 5.62. The molecular formula is C13H15NO2Pr. The molecule has 1 fully saturated rings. The molecule has 3 nitrogen and oxygen atoms in total. The number of nitrogens with zero attached hydrogens (tertiary/aromatic N) is 1. The van der Waals surface area contributed by atoms with E-state index in [2.05, 4.69) is 4.99 Å². The number of hydrogen-bond acceptors (Lipinski definition) is 2. The summed E-state index contributed by atoms with van der Waals surface area (Å²) >= 11 is 0. The summed E-state index contributed by atoms with van der Waals surface area (Å²) in [5.74, 6) is -0.806. The first-order valence-corrected chi connectivity index (χ1v) is 5.62. The molecule has 17 heavy (non-hydrogen) atoms. The summed E-state index contributed by atoms with van der Waals surface area (Å²) in [4.78, 5) is 15.3. The number of carboxylic acids is 1. The average Bonchev–Trinajstić information content (AvgIpc) is 2.73. The van der Waals surface area contributed by atoms with Gasteiger partial charge in [-0.15, -0.1) is 0 Å². The van der Waals surface area contributed by atoms with Gasteiger partial charge in [0, 0.05) is 47.0 Å². The summed E-state index contributed by atoms with van der Waals surface area (Å²) in [6.07, 6.45) is 4.58. The Morgan fingerprint density at radius 1 is 1.24 bits per heavy atom. The maximum absolute atomic E-state index is 10.7. The third kappa shape index (κ3) is 4.48. The predicted molar refractivity (Wildman–Crippen MR) is 63.3 cm³/mol. The summed E-state index contributed by atoms with van der Waals surface area (Å²) in [5, 5.41) is 8.80. The Bertz CT molecular complexity index is 421. The molecule has 0 saturated heterocycles. The van der Waals surface area contributed by atoms with Crippen LogP contribution in [0.25, 0.3) is 0 Å². The molecule has 0 aromatic heterocycles. The topological polar surface area (TPSA) is 49.7 Å². The number of hydrogen-bond donors (Lipinski definition) is 1. The smallest absolute Gasteiger partial charge is 0.307 e. The van der Waals surface area contributed by atoms with E-state index in [1.807, 2.05) is 24.3 Å². The van der Waals surface area contributed by atoms with Gasteiger partial charge >= 0.3 is 5.97 Å². The summed E-state index contributed by atoms with van der Waals surface area (Å²) in [7, 11) is 0. The number of aliphatic imine (C=N–C) groups is 1. The van der Waals surface area contributed by atoms with Gasteiger partial charge in [-0.05, 0) is 37.3 Å². The molecule has 1 aliphatic rings. The Hall–Kier alpha value is -0.276. The summed E-state index contributed by atoms with van der Waals surface area (Å²) in [6, 6.07) is 7.49. The van der Waals surface area contributed by atoms with Crippen LogP contribution in [0.1, 0.15) is 31.2 Å². The van der Waals surface area contributed by atoms with Crippen LogP contribution in [0.3, 0.4) is 0 Å². The fourth-order valence-electron chi connectivity index (χ4n) is 2.00. The van der Waals surface area contributed by atoms with Crippen LogP contribution in [0.4, 0.5) is 5.69 Å². The van der Waals surface area contributed by atoms with Crippen LogP contribution in [0, 0.1) is 41.3 Å². The number of benzene rings is 1. The number of carboxylic acid groups (broad SMARTS) is 1. The van der Waals surface area contributed by atoms with Crippen molar-refractivity contribution in [2.45, 2.75) is 32.1 Å². The molecule has 0 amide bonds. The number of para-hydroxylation sites is 1. The Kier molecular flexibility index (Phi) is 6.28. The van der Waals surface area contributed by atoms with Gasteiger partial charge < -0.3 is 5.11 Å². The van der Waals surface area contributed by atoms with Crippen molar-refractivity contribution in [1.29, 1.82) is 0 Å². The second-order valence-electron chi connectivity index (χ2n) is 4.08. The van der Waals surface area contributed by atoms with Crippen molar-refractivity contribution in [3.63, 3.8) is 0 Å². The minimum absolute atomic E-state index is 0. The van der Waals surface area contributed by atoms with Crippen LogP contribution in [-0.4, -0.2) is 16.8 Å². The van der Waals surface area contributed by atoms with Crippen LogP contribution >= 0.6 is 0 Å². The van der Waals surface area contributed by atoms with E-state index in [4.69, 9.17) is 5.11 Å². The Balaban J connectivity index is 0.00000144. The number of carbonyl (C=O) groups is 1. The van der Waals surface area contributed by atoms with E-state index in [1.165, 1.54) is 18.6 Å². The molecule has 4 heteroatoms. The van der Waals surface area contributed by atoms with Crippen molar-refractivity contribution in [2.24, 2.45) is 4.99 Å². The molecule has 0 atom stereocenters. The molecule has 0 spiro atoms. The first kappa shape index (κ1) is 14.8. The first-order chi connectivity index (χ1) is 7.75. The third-order valence-electron chi connectivity index (χ3n) is 2.79. The van der Waals surface area contributed by atoms with E-state index in [0.29, 0.717) is 0 Å². The molecule has 1 aliphatic carbocycles. The molecule has 1 N–H and O–H groups in total. The monoisotopic (exact) mass is 358 g/mol. The van der Waals surface area contributed by atoms with Gasteiger partial charge in [-0.2, -0.15) is 0 Å². The molecule has 0 bridgehead atoms. The standard InChI is InChI=1S/C13H15NO2.Pr/c15-13(16)9-10-5-1-4-8-12(10)14-11-6-2-3-7-11;/h1,4-5,8H,2-3,6-7,9H2,(H,15,16);. The molecule has 1 aromatic carbocycles. The van der Waals surface area contributed by atoms with E-state index in [-0.39, 0.29) is 47.7 Å². The van der Waals surface area contributed by atoms with Crippen LogP contribution in [0.5, 0.6) is 0 Å². The van der Waals surface area contributed by atoms with Crippen molar-refractivity contribution >= 4 is 17.4 Å². The van der Waals surface area contributed by atoms with Gasteiger partial charge in [0.1, 0.15) is 0 Å². The second kappa shape index (κ2) is 7.22. The zero-order valence-corrected chi connectivity index (χ0v) is 13.4. The van der Waals surface area contributed by atoms with Crippen LogP contribution in [-0.2, 0) is 11.2 Å². The molecule has 1 aromatic rings. The van der Waals surface area contributed by atoms with E-state index in [0.717, 1.165) is 24.1 Å². The van der Waals surface area contributed by atoms with Gasteiger partial charge in [0.15, 0.2) is 0 Å². The average molecular weight is 358 g/mol. The van der Waals surface area contributed by atoms with Crippen LogP contribution in [0.2, 0.25) is 0 Å². The summed E-state index contributed by atoms with van der Waals surface area (Å²) < 4.78 is 0. The summed E-state index contributed by atoms with van der Waals surface area (Å²) in [5.41, 5.74) is 2.83. The molecule has 1 saturated carbocycles. The van der Waals surface area contributed by atoms with Gasteiger partial charge in [-0.25, -0.2) is 0 Å². The second-order valence-corrected chi connectivity index (χ2v) is 4.08. The van der Waals surface area contributed by atoms with Crippen LogP contribution in [0.15, 0.2) is 29.3 Å². The SMILES string of the molecule is O=C(O)Cc1ccccc1N=C1CCCC1.[Pr]. The largest absolute Gasteiger partial charge is 0.481 e. The van der Waals surface area contributed by atoms with Gasteiger partial charge in [-0.3, -0.25) is 9.79 Å². The van der Waals surface area contributed by atoms with Gasteiger partial charge in [0.05, 0.1) is 12.1 Å². The molecule has 0 aliphatic heterocycles. The van der Waals surface area contributed by atoms with Gasteiger partial charge in [0.25, 0.3) is 0 Å². The van der Waals surface area contributed by atoms with Crippen molar-refractivity contribution in [3.05, 3.63) is 29.8 Å². The fourth-order valence-corrected chi connectivity index (χ4v) is 2.00. The van der Waals surface area contributed by atoms with Gasteiger partial charge in [-0.1, -0.05) is 18.2 Å². The van der Waals surface area contributed by atoms with Crippen LogP contribution < -0.4 is 0 Å². The molecule has 2 rings (SSSR count). The van der Waals surface area contributed by atoms with Crippen molar-refractivity contribution in [1.82, 2.24) is 0 Å². The number of rotatable bonds is 3. The minimum Gasteiger partial charge on any atom is -0.481 e. The Morgan fingerprint density at radius 2 is 1.88 bits per heavy atom. The normalized spacial score (nSPS) is 14.2. The van der Waals surface area contributed by atoms with Crippen molar-refractivity contribution < 1.29 is 51.2 Å². The molecule has 0 unspecified atom stereocenters. The van der Waals surface area contributed by atoms with Crippen molar-refractivity contribution in [3.8, 4) is 0 Å². The molecule has 1 radical (unpaired) electrons. The van der Waals surface area contributed by atoms with E-state index < -0.39 is 5.97 Å². The zero-order chi connectivity index (χ0) is 11.4. The predicted octanol–water partition coefficient (Wildman–Crippen LogP) is 2.96. The van der Waals surface area contributed by atoms with Crippen molar-refractivity contribution in [2.75, 3.05) is 0 Å². The minimum atomic E-state index is -0.806. The van der Waals surface area contributed by atoms with Gasteiger partial charge in [0.2, 0.25) is 0 Å². The molecular weight excluding hydrogens is 343 g/mol. The maximum Gasteiger partial charge on any atom is 0.307 e. The van der Waals surface area contributed by atoms with E-state index in [9.17, 15) is 4.79 Å². The van der Waals surface area contributed by atoms with E-state index >= 15 is 0 Å². The zero-order valence-electron chi connectivity index (χ0n) is 9.72. The number of aliphatic carboxylic acids is 1. The molecule has 87 valence electrons. The third-order valence-corrected chi connectivity index (χ3v) is 2.79. The van der Waals surface area contributed by atoms with E-state index in [1.54, 1.807) is 0 Å². The Labute approximate surface area is 134 Å². The summed E-state index contributed by atoms with van der Waals surface area (Å²) in [6.45, 7) is 0. The maximum atomic E-state index is 10.7.